The predicted octanol–water partition coefficient (Wildman–Crippen LogP) is 6.51. The normalized spacial score (nSPS) is 14.7. The highest BCUT2D eigenvalue weighted by molar-refractivity contribution is 7.25. The van der Waals surface area contributed by atoms with E-state index >= 15 is 0 Å². The van der Waals surface area contributed by atoms with Crippen molar-refractivity contribution < 1.29 is 0 Å². The first-order chi connectivity index (χ1) is 13.3. The molecule has 0 radical (unpaired) electrons. The summed E-state index contributed by atoms with van der Waals surface area (Å²) in [6.45, 7) is 3.05. The Hall–Kier alpha value is -3.04. The number of rotatable bonds is 1. The third kappa shape index (κ3) is 2.12. The van der Waals surface area contributed by atoms with Crippen LogP contribution in [-0.2, 0) is 0 Å². The molecule has 0 amide bonds. The van der Waals surface area contributed by atoms with Crippen molar-refractivity contribution in [2.24, 2.45) is 0 Å². The molecule has 0 spiro atoms. The van der Waals surface area contributed by atoms with Gasteiger partial charge in [0.05, 0.1) is 11.0 Å². The lowest BCUT2D eigenvalue weighted by atomic mass is 10.1. The zero-order valence-electron chi connectivity index (χ0n) is 15.0. The second-order valence-corrected chi connectivity index (χ2v) is 8.32. The van der Waals surface area contributed by atoms with Crippen LogP contribution in [0.5, 0.6) is 0 Å². The van der Waals surface area contributed by atoms with Gasteiger partial charge in [0.2, 0.25) is 0 Å². The van der Waals surface area contributed by atoms with Crippen LogP contribution in [-0.4, -0.2) is 11.1 Å². The van der Waals surface area contributed by atoms with Gasteiger partial charge in [-0.05, 0) is 37.3 Å². The maximum atomic E-state index is 3.59. The molecule has 0 unspecified atom stereocenters. The fraction of sp³-hybridized carbons (Fsp3) is 0.0833. The van der Waals surface area contributed by atoms with E-state index in [9.17, 15) is 0 Å². The first-order valence-corrected chi connectivity index (χ1v) is 10.1. The van der Waals surface area contributed by atoms with Crippen LogP contribution in [0.15, 0.2) is 78.4 Å². The zero-order valence-corrected chi connectivity index (χ0v) is 15.8. The second kappa shape index (κ2) is 5.48. The maximum absolute atomic E-state index is 3.59. The Bertz CT molecular complexity index is 1430. The molecule has 5 aromatic rings. The molecule has 27 heavy (non-hydrogen) atoms. The van der Waals surface area contributed by atoms with Gasteiger partial charge in [-0.25, -0.2) is 0 Å². The van der Waals surface area contributed by atoms with Gasteiger partial charge in [-0.3, -0.25) is 4.57 Å². The molecule has 0 fully saturated rings. The number of dihydropyridines is 1. The topological polar surface area (TPSA) is 17.0 Å². The molecule has 3 heteroatoms. The number of hydrogen-bond donors (Lipinski definition) is 1. The average Bonchev–Trinajstić information content (AvgIpc) is 3.22. The first kappa shape index (κ1) is 15.1. The van der Waals surface area contributed by atoms with Crippen molar-refractivity contribution >= 4 is 59.1 Å². The highest BCUT2D eigenvalue weighted by atomic mass is 32.1. The summed E-state index contributed by atoms with van der Waals surface area (Å²) in [4.78, 5) is 0. The van der Waals surface area contributed by atoms with E-state index in [0.29, 0.717) is 0 Å². The molecule has 1 N–H and O–H groups in total. The quantitative estimate of drug-likeness (QED) is 0.358. The van der Waals surface area contributed by atoms with Crippen LogP contribution >= 0.6 is 11.3 Å². The van der Waals surface area contributed by atoms with Crippen molar-refractivity contribution in [3.8, 4) is 0 Å². The lowest BCUT2D eigenvalue weighted by Gasteiger charge is -2.18. The summed E-state index contributed by atoms with van der Waals surface area (Å²) in [5.74, 6) is 1.15. The van der Waals surface area contributed by atoms with Crippen LogP contribution < -0.4 is 5.32 Å². The number of nitrogens with zero attached hydrogens (tertiary/aromatic N) is 1. The lowest BCUT2D eigenvalue weighted by molar-refractivity contribution is 0.885. The molecule has 2 nitrogen and oxygen atoms in total. The SMILES string of the molecule is CC1=CC=C(n2c3ccccc3c3cc4c(cc32)sc2ccccc24)NC1. The fourth-order valence-corrected chi connectivity index (χ4v) is 5.29. The smallest absolute Gasteiger partial charge is 0.111 e. The average molecular weight is 366 g/mol. The Kier molecular flexibility index (Phi) is 3.06. The third-order valence-electron chi connectivity index (χ3n) is 5.49. The van der Waals surface area contributed by atoms with Gasteiger partial charge in [-0.15, -0.1) is 11.3 Å². The molecule has 6 rings (SSSR count). The van der Waals surface area contributed by atoms with Crippen molar-refractivity contribution in [2.75, 3.05) is 6.54 Å². The summed E-state index contributed by atoms with van der Waals surface area (Å²) in [5, 5.41) is 8.91. The number of fused-ring (bicyclic) bond motifs is 6. The number of hydrogen-bond acceptors (Lipinski definition) is 2. The molecule has 130 valence electrons. The minimum atomic E-state index is 0.894. The van der Waals surface area contributed by atoms with E-state index in [4.69, 9.17) is 0 Å². The molecule has 3 heterocycles. The summed E-state index contributed by atoms with van der Waals surface area (Å²) in [5.41, 5.74) is 3.87. The number of nitrogens with one attached hydrogen (secondary N) is 1. The van der Waals surface area contributed by atoms with Crippen LogP contribution in [0, 0.1) is 0 Å². The van der Waals surface area contributed by atoms with Crippen molar-refractivity contribution in [1.82, 2.24) is 9.88 Å². The number of aromatic nitrogens is 1. The molecule has 3 aromatic carbocycles. The van der Waals surface area contributed by atoms with Crippen LogP contribution in [0.2, 0.25) is 0 Å². The highest BCUT2D eigenvalue weighted by Gasteiger charge is 2.16. The number of benzene rings is 3. The number of allylic oxidation sites excluding steroid dienone is 2. The molecular formula is C24H18N2S. The Morgan fingerprint density at radius 3 is 2.44 bits per heavy atom. The lowest BCUT2D eigenvalue weighted by Crippen LogP contribution is -2.21. The van der Waals surface area contributed by atoms with Gasteiger partial charge < -0.3 is 5.32 Å². The molecular weight excluding hydrogens is 348 g/mol. The van der Waals surface area contributed by atoms with Crippen molar-refractivity contribution in [2.45, 2.75) is 6.92 Å². The Morgan fingerprint density at radius 1 is 0.778 bits per heavy atom. The molecule has 0 saturated heterocycles. The van der Waals surface area contributed by atoms with Crippen molar-refractivity contribution in [3.63, 3.8) is 0 Å². The van der Waals surface area contributed by atoms with Gasteiger partial charge in [0, 0.05) is 37.5 Å². The fourth-order valence-electron chi connectivity index (χ4n) is 4.17. The Morgan fingerprint density at radius 2 is 1.59 bits per heavy atom. The van der Waals surface area contributed by atoms with Crippen LogP contribution in [0.3, 0.4) is 0 Å². The first-order valence-electron chi connectivity index (χ1n) is 9.26. The maximum Gasteiger partial charge on any atom is 0.111 e. The summed E-state index contributed by atoms with van der Waals surface area (Å²) < 4.78 is 5.07. The van der Waals surface area contributed by atoms with E-state index in [2.05, 4.69) is 89.6 Å². The minimum absolute atomic E-state index is 0.894. The molecule has 0 aliphatic carbocycles. The molecule has 1 aliphatic heterocycles. The van der Waals surface area contributed by atoms with E-state index in [0.717, 1.165) is 12.4 Å². The van der Waals surface area contributed by atoms with E-state index in [1.54, 1.807) is 0 Å². The van der Waals surface area contributed by atoms with Gasteiger partial charge in [-0.1, -0.05) is 48.0 Å². The summed E-state index contributed by atoms with van der Waals surface area (Å²) in [6.07, 6.45) is 4.41. The highest BCUT2D eigenvalue weighted by Crippen LogP contribution is 2.40. The van der Waals surface area contributed by atoms with E-state index in [-0.39, 0.29) is 0 Å². The van der Waals surface area contributed by atoms with Gasteiger partial charge >= 0.3 is 0 Å². The molecule has 0 saturated carbocycles. The zero-order chi connectivity index (χ0) is 18.0. The summed E-state index contributed by atoms with van der Waals surface area (Å²) in [7, 11) is 0. The van der Waals surface area contributed by atoms with E-state index in [1.165, 1.54) is 47.6 Å². The molecule has 0 atom stereocenters. The van der Waals surface area contributed by atoms with Crippen LogP contribution in [0.4, 0.5) is 0 Å². The largest absolute Gasteiger partial charge is 0.367 e. The number of thiophene rings is 1. The van der Waals surface area contributed by atoms with Gasteiger partial charge in [0.15, 0.2) is 0 Å². The standard InChI is InChI=1S/C24H18N2S/c1-15-10-11-24(25-14-15)26-20-8-4-2-6-16(20)18-12-19-17-7-3-5-9-22(17)27-23(19)13-21(18)26/h2-13,25H,14H2,1H3. The van der Waals surface area contributed by atoms with Gasteiger partial charge in [0.1, 0.15) is 5.82 Å². The van der Waals surface area contributed by atoms with Crippen molar-refractivity contribution in [1.29, 1.82) is 0 Å². The Labute approximate surface area is 161 Å². The minimum Gasteiger partial charge on any atom is -0.367 e. The van der Waals surface area contributed by atoms with E-state index < -0.39 is 0 Å². The van der Waals surface area contributed by atoms with Gasteiger partial charge in [-0.2, -0.15) is 0 Å². The number of para-hydroxylation sites is 1. The Balaban J connectivity index is 1.78. The van der Waals surface area contributed by atoms with Gasteiger partial charge in [0.25, 0.3) is 0 Å². The van der Waals surface area contributed by atoms with Crippen LogP contribution in [0.1, 0.15) is 6.92 Å². The molecule has 0 bridgehead atoms. The van der Waals surface area contributed by atoms with Crippen molar-refractivity contribution in [3.05, 3.63) is 78.4 Å². The molecule has 1 aliphatic rings. The van der Waals surface area contributed by atoms with Crippen LogP contribution in [0.25, 0.3) is 47.8 Å². The summed E-state index contributed by atoms with van der Waals surface area (Å²) >= 11 is 1.88. The summed E-state index contributed by atoms with van der Waals surface area (Å²) in [6, 6.07) is 22.2. The third-order valence-corrected chi connectivity index (χ3v) is 6.62. The van der Waals surface area contributed by atoms with E-state index in [1.807, 2.05) is 11.3 Å². The predicted molar refractivity (Wildman–Crippen MR) is 118 cm³/mol. The monoisotopic (exact) mass is 366 g/mol. The molecule has 2 aromatic heterocycles. The second-order valence-electron chi connectivity index (χ2n) is 7.23.